The van der Waals surface area contributed by atoms with Gasteiger partial charge in [0.15, 0.2) is 11.5 Å². The molecule has 0 heterocycles. The van der Waals surface area contributed by atoms with E-state index in [9.17, 15) is 4.39 Å². The SMILES string of the molecule is COc1cc(CNCCCN(C)C)cc(Cl)c1OCc1ccc(F)cc1Cl. The summed E-state index contributed by atoms with van der Waals surface area (Å²) in [6, 6.07) is 7.93. The number of nitrogens with zero attached hydrogens (tertiary/aromatic N) is 1. The van der Waals surface area contributed by atoms with Gasteiger partial charge in [-0.3, -0.25) is 0 Å². The topological polar surface area (TPSA) is 33.7 Å². The van der Waals surface area contributed by atoms with Crippen LogP contribution in [0.15, 0.2) is 30.3 Å². The Kier molecular flexibility index (Phi) is 8.64. The third-order valence-electron chi connectivity index (χ3n) is 3.96. The van der Waals surface area contributed by atoms with E-state index in [2.05, 4.69) is 24.3 Å². The Morgan fingerprint density at radius 2 is 1.89 bits per heavy atom. The molecule has 4 nitrogen and oxygen atoms in total. The fraction of sp³-hybridized carbons (Fsp3) is 0.400. The van der Waals surface area contributed by atoms with Gasteiger partial charge >= 0.3 is 0 Å². The van der Waals surface area contributed by atoms with E-state index >= 15 is 0 Å². The van der Waals surface area contributed by atoms with E-state index in [1.54, 1.807) is 13.2 Å². The number of hydrogen-bond donors (Lipinski definition) is 1. The largest absolute Gasteiger partial charge is 0.493 e. The summed E-state index contributed by atoms with van der Waals surface area (Å²) in [5.74, 6) is 0.600. The van der Waals surface area contributed by atoms with Crippen molar-refractivity contribution in [3.05, 3.63) is 57.3 Å². The molecule has 1 N–H and O–H groups in total. The molecule has 27 heavy (non-hydrogen) atoms. The molecule has 2 rings (SSSR count). The maximum atomic E-state index is 13.2. The van der Waals surface area contributed by atoms with Crippen LogP contribution < -0.4 is 14.8 Å². The van der Waals surface area contributed by atoms with E-state index in [1.165, 1.54) is 12.1 Å². The van der Waals surface area contributed by atoms with Crippen LogP contribution in [0.2, 0.25) is 10.0 Å². The minimum absolute atomic E-state index is 0.164. The molecule has 0 saturated heterocycles. The van der Waals surface area contributed by atoms with Crippen LogP contribution in [0.4, 0.5) is 4.39 Å². The smallest absolute Gasteiger partial charge is 0.180 e. The van der Waals surface area contributed by atoms with Gasteiger partial charge in [-0.15, -0.1) is 0 Å². The number of methoxy groups -OCH3 is 1. The van der Waals surface area contributed by atoms with Crippen molar-refractivity contribution in [3.8, 4) is 11.5 Å². The molecule has 0 fully saturated rings. The van der Waals surface area contributed by atoms with Crippen molar-refractivity contribution in [1.82, 2.24) is 10.2 Å². The minimum atomic E-state index is -0.387. The van der Waals surface area contributed by atoms with Crippen molar-refractivity contribution >= 4 is 23.2 Å². The Balaban J connectivity index is 2.00. The number of ether oxygens (including phenoxy) is 2. The predicted molar refractivity (Wildman–Crippen MR) is 109 cm³/mol. The molecule has 0 aromatic heterocycles. The van der Waals surface area contributed by atoms with Gasteiger partial charge < -0.3 is 19.7 Å². The Morgan fingerprint density at radius 1 is 1.11 bits per heavy atom. The average molecular weight is 415 g/mol. The Morgan fingerprint density at radius 3 is 2.56 bits per heavy atom. The van der Waals surface area contributed by atoms with Gasteiger partial charge in [-0.25, -0.2) is 4.39 Å². The standard InChI is InChI=1S/C20H25Cl2FN2O2/c1-25(2)8-4-7-24-12-14-9-18(22)20(19(10-14)26-3)27-13-15-5-6-16(23)11-17(15)21/h5-6,9-11,24H,4,7-8,12-13H2,1-3H3. The first-order valence-corrected chi connectivity index (χ1v) is 9.45. The van der Waals surface area contributed by atoms with E-state index < -0.39 is 0 Å². The van der Waals surface area contributed by atoms with Gasteiger partial charge in [-0.2, -0.15) is 0 Å². The van der Waals surface area contributed by atoms with Crippen molar-refractivity contribution in [2.24, 2.45) is 0 Å². The zero-order chi connectivity index (χ0) is 19.8. The molecule has 0 bridgehead atoms. The Hall–Kier alpha value is -1.53. The molecular formula is C20H25Cl2FN2O2. The normalized spacial score (nSPS) is 11.1. The van der Waals surface area contributed by atoms with E-state index in [-0.39, 0.29) is 12.4 Å². The molecule has 0 aliphatic carbocycles. The highest BCUT2D eigenvalue weighted by atomic mass is 35.5. The molecule has 0 amide bonds. The monoisotopic (exact) mass is 414 g/mol. The van der Waals surface area contributed by atoms with E-state index in [4.69, 9.17) is 32.7 Å². The molecule has 0 unspecified atom stereocenters. The quantitative estimate of drug-likeness (QED) is 0.568. The second-order valence-electron chi connectivity index (χ2n) is 6.47. The lowest BCUT2D eigenvalue weighted by atomic mass is 10.2. The predicted octanol–water partition coefficient (Wildman–Crippen LogP) is 4.76. The highest BCUT2D eigenvalue weighted by Crippen LogP contribution is 2.37. The lowest BCUT2D eigenvalue weighted by Gasteiger charge is -2.15. The summed E-state index contributed by atoms with van der Waals surface area (Å²) in [4.78, 5) is 2.15. The fourth-order valence-electron chi connectivity index (χ4n) is 2.56. The molecule has 0 saturated carbocycles. The van der Waals surface area contributed by atoms with Gasteiger partial charge in [0.05, 0.1) is 17.2 Å². The first-order valence-electron chi connectivity index (χ1n) is 8.69. The second-order valence-corrected chi connectivity index (χ2v) is 7.28. The van der Waals surface area contributed by atoms with Gasteiger partial charge in [0.2, 0.25) is 0 Å². The van der Waals surface area contributed by atoms with E-state index in [0.717, 1.165) is 25.1 Å². The van der Waals surface area contributed by atoms with Gasteiger partial charge in [0, 0.05) is 12.1 Å². The Bertz CT molecular complexity index is 757. The number of halogens is 3. The average Bonchev–Trinajstić information content (AvgIpc) is 2.61. The summed E-state index contributed by atoms with van der Waals surface area (Å²) in [6.07, 6.45) is 1.07. The fourth-order valence-corrected chi connectivity index (χ4v) is 3.07. The molecule has 0 atom stereocenters. The van der Waals surface area contributed by atoms with Crippen LogP contribution in [0.5, 0.6) is 11.5 Å². The second kappa shape index (κ2) is 10.7. The molecule has 2 aromatic rings. The lowest BCUT2D eigenvalue weighted by molar-refractivity contribution is 0.284. The van der Waals surface area contributed by atoms with Crippen LogP contribution in [0.3, 0.4) is 0 Å². The van der Waals surface area contributed by atoms with Crippen molar-refractivity contribution in [2.75, 3.05) is 34.3 Å². The number of nitrogens with one attached hydrogen (secondary N) is 1. The summed E-state index contributed by atoms with van der Waals surface area (Å²) >= 11 is 12.4. The lowest BCUT2D eigenvalue weighted by Crippen LogP contribution is -2.21. The summed E-state index contributed by atoms with van der Waals surface area (Å²) in [5.41, 5.74) is 1.68. The first-order chi connectivity index (χ1) is 12.9. The van der Waals surface area contributed by atoms with Crippen LogP contribution in [0.25, 0.3) is 0 Å². The van der Waals surface area contributed by atoms with Crippen LogP contribution in [0, 0.1) is 5.82 Å². The van der Waals surface area contributed by atoms with Crippen LogP contribution in [-0.2, 0) is 13.2 Å². The van der Waals surface area contributed by atoms with Crippen molar-refractivity contribution < 1.29 is 13.9 Å². The Labute approximate surface area is 170 Å². The van der Waals surface area contributed by atoms with Gasteiger partial charge in [0.1, 0.15) is 12.4 Å². The zero-order valence-electron chi connectivity index (χ0n) is 15.8. The van der Waals surface area contributed by atoms with E-state index in [1.807, 2.05) is 12.1 Å². The van der Waals surface area contributed by atoms with Gasteiger partial charge in [-0.1, -0.05) is 29.3 Å². The van der Waals surface area contributed by atoms with Crippen LogP contribution in [-0.4, -0.2) is 39.2 Å². The molecule has 0 spiro atoms. The van der Waals surface area contributed by atoms with Crippen LogP contribution >= 0.6 is 23.2 Å². The third-order valence-corrected chi connectivity index (χ3v) is 4.60. The van der Waals surface area contributed by atoms with Crippen molar-refractivity contribution in [2.45, 2.75) is 19.6 Å². The number of hydrogen-bond acceptors (Lipinski definition) is 4. The molecule has 0 aliphatic heterocycles. The number of benzene rings is 2. The van der Waals surface area contributed by atoms with Gasteiger partial charge in [-0.05, 0) is 63.4 Å². The third kappa shape index (κ3) is 6.85. The van der Waals surface area contributed by atoms with Gasteiger partial charge in [0.25, 0.3) is 0 Å². The summed E-state index contributed by atoms with van der Waals surface area (Å²) < 4.78 is 24.4. The molecule has 2 aromatic carbocycles. The maximum Gasteiger partial charge on any atom is 0.180 e. The molecule has 148 valence electrons. The van der Waals surface area contributed by atoms with Crippen LogP contribution in [0.1, 0.15) is 17.5 Å². The van der Waals surface area contributed by atoms with E-state index in [0.29, 0.717) is 33.7 Å². The molecule has 0 radical (unpaired) electrons. The summed E-state index contributed by atoms with van der Waals surface area (Å²) in [5, 5.41) is 4.16. The minimum Gasteiger partial charge on any atom is -0.493 e. The highest BCUT2D eigenvalue weighted by molar-refractivity contribution is 6.32. The summed E-state index contributed by atoms with van der Waals surface area (Å²) in [7, 11) is 5.68. The maximum absolute atomic E-state index is 13.2. The zero-order valence-corrected chi connectivity index (χ0v) is 17.3. The van der Waals surface area contributed by atoms with Crippen molar-refractivity contribution in [1.29, 1.82) is 0 Å². The molecule has 0 aliphatic rings. The van der Waals surface area contributed by atoms with Crippen molar-refractivity contribution in [3.63, 3.8) is 0 Å². The number of rotatable bonds is 10. The molecule has 7 heteroatoms. The molecular weight excluding hydrogens is 390 g/mol. The highest BCUT2D eigenvalue weighted by Gasteiger charge is 2.13. The summed E-state index contributed by atoms with van der Waals surface area (Å²) in [6.45, 7) is 2.81. The first kappa shape index (κ1) is 21.8.